The number of benzene rings is 2. The van der Waals surface area contributed by atoms with E-state index in [9.17, 15) is 8.78 Å². The van der Waals surface area contributed by atoms with E-state index in [1.807, 2.05) is 18.2 Å². The molecule has 0 spiro atoms. The molecule has 0 aromatic heterocycles. The highest BCUT2D eigenvalue weighted by Crippen LogP contribution is 2.33. The molecule has 0 radical (unpaired) electrons. The molecular weight excluding hydrogens is 404 g/mol. The van der Waals surface area contributed by atoms with Gasteiger partial charge in [0, 0.05) is 38.2 Å². The van der Waals surface area contributed by atoms with Gasteiger partial charge in [-0.15, -0.1) is 0 Å². The van der Waals surface area contributed by atoms with Crippen molar-refractivity contribution in [2.45, 2.75) is 32.1 Å². The minimum Gasteiger partial charge on any atom is -0.497 e. The molecule has 0 aliphatic carbocycles. The van der Waals surface area contributed by atoms with Crippen LogP contribution in [0, 0.1) is 5.92 Å². The first-order valence-corrected chi connectivity index (χ1v) is 10.3. The van der Waals surface area contributed by atoms with Crippen molar-refractivity contribution in [1.29, 1.82) is 0 Å². The summed E-state index contributed by atoms with van der Waals surface area (Å²) in [7, 11) is 3.19. The summed E-state index contributed by atoms with van der Waals surface area (Å²) in [6.07, 6.45) is 2.09. The van der Waals surface area contributed by atoms with Crippen LogP contribution in [-0.4, -0.2) is 39.9 Å². The van der Waals surface area contributed by atoms with Crippen LogP contribution in [0.5, 0.6) is 11.5 Å². The van der Waals surface area contributed by atoms with Crippen molar-refractivity contribution in [3.63, 3.8) is 0 Å². The van der Waals surface area contributed by atoms with E-state index in [0.29, 0.717) is 29.7 Å². The number of alkyl halides is 2. The molecule has 1 heterocycles. The van der Waals surface area contributed by atoms with Gasteiger partial charge in [0.2, 0.25) is 0 Å². The zero-order valence-corrected chi connectivity index (χ0v) is 17.8. The quantitative estimate of drug-likeness (QED) is 0.484. The van der Waals surface area contributed by atoms with Gasteiger partial charge in [-0.1, -0.05) is 30.3 Å². The maximum Gasteiger partial charge on any atom is 0.387 e. The number of nitrogens with zero attached hydrogens (tertiary/aromatic N) is 1. The number of ether oxygens (including phenoxy) is 3. The van der Waals surface area contributed by atoms with Gasteiger partial charge in [0.05, 0.1) is 13.2 Å². The summed E-state index contributed by atoms with van der Waals surface area (Å²) in [5.41, 5.74) is 1.72. The second kappa shape index (κ2) is 11.5. The van der Waals surface area contributed by atoms with Crippen molar-refractivity contribution >= 4 is 5.96 Å². The number of guanidine groups is 1. The Balaban J connectivity index is 1.61. The van der Waals surface area contributed by atoms with Crippen LogP contribution in [0.15, 0.2) is 53.5 Å². The maximum atomic E-state index is 12.7. The van der Waals surface area contributed by atoms with Gasteiger partial charge in [0.1, 0.15) is 11.5 Å². The van der Waals surface area contributed by atoms with Crippen LogP contribution in [0.4, 0.5) is 8.78 Å². The lowest BCUT2D eigenvalue weighted by Gasteiger charge is -2.32. The van der Waals surface area contributed by atoms with E-state index in [1.165, 1.54) is 18.7 Å². The van der Waals surface area contributed by atoms with E-state index in [-0.39, 0.29) is 18.4 Å². The van der Waals surface area contributed by atoms with Gasteiger partial charge in [-0.25, -0.2) is 0 Å². The van der Waals surface area contributed by atoms with Crippen LogP contribution in [0.3, 0.4) is 0 Å². The molecule has 2 aromatic rings. The molecule has 1 saturated heterocycles. The Kier molecular flexibility index (Phi) is 8.46. The van der Waals surface area contributed by atoms with E-state index in [0.717, 1.165) is 19.4 Å². The number of methoxy groups -OCH3 is 1. The second-order valence-electron chi connectivity index (χ2n) is 7.26. The molecule has 2 atom stereocenters. The fourth-order valence-electron chi connectivity index (χ4n) is 3.72. The SMILES string of the molecule is CN=C(NCc1cc(OC)ccc1OC(F)F)NCC1CCCOC1c1ccccc1. The average molecular weight is 433 g/mol. The normalized spacial score (nSPS) is 19.2. The van der Waals surface area contributed by atoms with Crippen molar-refractivity contribution in [2.75, 3.05) is 27.3 Å². The number of halogens is 2. The number of nitrogens with one attached hydrogen (secondary N) is 2. The summed E-state index contributed by atoms with van der Waals surface area (Å²) in [5.74, 6) is 1.53. The number of hydrogen-bond donors (Lipinski definition) is 2. The molecule has 1 aliphatic rings. The molecule has 8 heteroatoms. The monoisotopic (exact) mass is 433 g/mol. The predicted molar refractivity (Wildman–Crippen MR) is 116 cm³/mol. The van der Waals surface area contributed by atoms with Crippen LogP contribution in [0.2, 0.25) is 0 Å². The molecule has 3 rings (SSSR count). The minimum atomic E-state index is -2.90. The lowest BCUT2D eigenvalue weighted by molar-refractivity contribution is -0.0505. The van der Waals surface area contributed by atoms with Crippen molar-refractivity contribution < 1.29 is 23.0 Å². The lowest BCUT2D eigenvalue weighted by Crippen LogP contribution is -2.41. The Morgan fingerprint density at radius 1 is 1.19 bits per heavy atom. The third-order valence-electron chi connectivity index (χ3n) is 5.26. The van der Waals surface area contributed by atoms with Gasteiger partial charge < -0.3 is 24.8 Å². The van der Waals surface area contributed by atoms with Crippen molar-refractivity contribution in [1.82, 2.24) is 10.6 Å². The summed E-state index contributed by atoms with van der Waals surface area (Å²) in [6, 6.07) is 14.9. The van der Waals surface area contributed by atoms with Crippen molar-refractivity contribution in [3.05, 3.63) is 59.7 Å². The molecule has 1 fully saturated rings. The Morgan fingerprint density at radius 3 is 2.71 bits per heavy atom. The van der Waals surface area contributed by atoms with Crippen LogP contribution >= 0.6 is 0 Å². The highest BCUT2D eigenvalue weighted by atomic mass is 19.3. The smallest absolute Gasteiger partial charge is 0.387 e. The summed E-state index contributed by atoms with van der Waals surface area (Å²) in [4.78, 5) is 4.25. The van der Waals surface area contributed by atoms with Crippen LogP contribution < -0.4 is 20.1 Å². The maximum absolute atomic E-state index is 12.7. The average Bonchev–Trinajstić information content (AvgIpc) is 2.80. The van der Waals surface area contributed by atoms with Gasteiger partial charge in [-0.3, -0.25) is 4.99 Å². The standard InChI is InChI=1S/C23H29F2N3O3/c1-26-23(28-15-18-13-19(29-2)10-11-20(18)31-22(24)25)27-14-17-9-6-12-30-21(17)16-7-4-3-5-8-16/h3-5,7-8,10-11,13,17,21-22H,6,9,12,14-15H2,1-2H3,(H2,26,27,28). The van der Waals surface area contributed by atoms with Gasteiger partial charge in [0.15, 0.2) is 5.96 Å². The Labute approximate surface area is 181 Å². The first kappa shape index (κ1) is 22.8. The van der Waals surface area contributed by atoms with E-state index in [2.05, 4.69) is 32.5 Å². The number of hydrogen-bond acceptors (Lipinski definition) is 4. The molecule has 2 N–H and O–H groups in total. The third kappa shape index (κ3) is 6.55. The molecule has 1 aliphatic heterocycles. The topological polar surface area (TPSA) is 64.1 Å². The van der Waals surface area contributed by atoms with Gasteiger partial charge in [-0.05, 0) is 36.6 Å². The first-order chi connectivity index (χ1) is 15.1. The highest BCUT2D eigenvalue weighted by Gasteiger charge is 2.27. The molecular formula is C23H29F2N3O3. The van der Waals surface area contributed by atoms with E-state index < -0.39 is 6.61 Å². The Morgan fingerprint density at radius 2 is 2.00 bits per heavy atom. The van der Waals surface area contributed by atoms with Crippen molar-refractivity contribution in [3.8, 4) is 11.5 Å². The molecule has 0 bridgehead atoms. The summed E-state index contributed by atoms with van der Waals surface area (Å²) in [6.45, 7) is -1.21. The van der Waals surface area contributed by atoms with Crippen molar-refractivity contribution in [2.24, 2.45) is 10.9 Å². The zero-order valence-electron chi connectivity index (χ0n) is 17.8. The van der Waals surface area contributed by atoms with E-state index in [4.69, 9.17) is 9.47 Å². The third-order valence-corrected chi connectivity index (χ3v) is 5.26. The van der Waals surface area contributed by atoms with Gasteiger partial charge >= 0.3 is 6.61 Å². The minimum absolute atomic E-state index is 0.0324. The van der Waals surface area contributed by atoms with Gasteiger partial charge in [0.25, 0.3) is 0 Å². The Hall–Kier alpha value is -2.87. The zero-order chi connectivity index (χ0) is 22.1. The Bertz CT molecular complexity index is 849. The largest absolute Gasteiger partial charge is 0.497 e. The first-order valence-electron chi connectivity index (χ1n) is 10.3. The highest BCUT2D eigenvalue weighted by molar-refractivity contribution is 5.79. The number of rotatable bonds is 8. The molecule has 168 valence electrons. The molecule has 2 aromatic carbocycles. The molecule has 2 unspecified atom stereocenters. The van der Waals surface area contributed by atoms with E-state index >= 15 is 0 Å². The molecule has 31 heavy (non-hydrogen) atoms. The van der Waals surface area contributed by atoms with E-state index in [1.54, 1.807) is 19.2 Å². The fourth-order valence-corrected chi connectivity index (χ4v) is 3.72. The van der Waals surface area contributed by atoms with Gasteiger partial charge in [-0.2, -0.15) is 8.78 Å². The molecule has 0 amide bonds. The summed E-state index contributed by atoms with van der Waals surface area (Å²) in [5, 5.41) is 6.50. The van der Waals surface area contributed by atoms with Crippen LogP contribution in [-0.2, 0) is 11.3 Å². The predicted octanol–water partition coefficient (Wildman–Crippen LogP) is 4.13. The second-order valence-corrected chi connectivity index (χ2v) is 7.26. The summed E-state index contributed by atoms with van der Waals surface area (Å²) < 4.78 is 41.3. The molecule has 0 saturated carbocycles. The van der Waals surface area contributed by atoms with Crippen LogP contribution in [0.1, 0.15) is 30.1 Å². The fraction of sp³-hybridized carbons (Fsp3) is 0.435. The summed E-state index contributed by atoms with van der Waals surface area (Å²) >= 11 is 0. The number of aliphatic imine (C=N–C) groups is 1. The lowest BCUT2D eigenvalue weighted by atomic mass is 9.89. The van der Waals surface area contributed by atoms with Crippen LogP contribution in [0.25, 0.3) is 0 Å². The molecule has 6 nitrogen and oxygen atoms in total.